The van der Waals surface area contributed by atoms with Crippen molar-refractivity contribution in [1.29, 1.82) is 0 Å². The molecular formula is C41H74N8O11. The molecule has 344 valence electrons. The Morgan fingerprint density at radius 1 is 0.583 bits per heavy atom. The van der Waals surface area contributed by atoms with Crippen LogP contribution in [-0.4, -0.2) is 166 Å². The first-order valence-corrected chi connectivity index (χ1v) is 20.6. The minimum absolute atomic E-state index is 0.0168. The van der Waals surface area contributed by atoms with Crippen molar-refractivity contribution in [2.24, 2.45) is 17.8 Å². The lowest BCUT2D eigenvalue weighted by molar-refractivity contribution is -0.160. The molecule has 0 spiro atoms. The van der Waals surface area contributed by atoms with E-state index in [2.05, 4.69) is 21.3 Å². The number of nitrogens with one attached hydrogen (secondary N) is 4. The molecule has 0 aromatic carbocycles. The van der Waals surface area contributed by atoms with Crippen molar-refractivity contribution in [3.05, 3.63) is 0 Å². The number of amides is 8. The summed E-state index contributed by atoms with van der Waals surface area (Å²) in [6, 6.07) is -8.87. The molecule has 0 aliphatic rings. The van der Waals surface area contributed by atoms with Crippen LogP contribution in [0.1, 0.15) is 108 Å². The van der Waals surface area contributed by atoms with Crippen LogP contribution in [0.2, 0.25) is 0 Å². The molecule has 0 fully saturated rings. The van der Waals surface area contributed by atoms with Crippen molar-refractivity contribution >= 4 is 53.2 Å². The molecular weight excluding hydrogens is 780 g/mol. The number of aliphatic carboxylic acids is 1. The fourth-order valence-corrected chi connectivity index (χ4v) is 6.51. The molecule has 0 heterocycles. The van der Waals surface area contributed by atoms with E-state index in [9.17, 15) is 53.4 Å². The summed E-state index contributed by atoms with van der Waals surface area (Å²) in [5.41, 5.74) is -1.56. The second kappa shape index (κ2) is 24.4. The van der Waals surface area contributed by atoms with Gasteiger partial charge in [0.2, 0.25) is 47.4 Å². The average Bonchev–Trinajstić information content (AvgIpc) is 3.14. The van der Waals surface area contributed by atoms with Crippen molar-refractivity contribution in [3.63, 3.8) is 0 Å². The van der Waals surface area contributed by atoms with Gasteiger partial charge >= 0.3 is 5.97 Å². The number of carboxylic acid groups (broad SMARTS) is 1. The van der Waals surface area contributed by atoms with E-state index in [4.69, 9.17) is 0 Å². The van der Waals surface area contributed by atoms with Gasteiger partial charge in [0.15, 0.2) is 0 Å². The normalized spacial score (nSPS) is 15.1. The maximum atomic E-state index is 14.2. The van der Waals surface area contributed by atoms with Gasteiger partial charge in [0, 0.05) is 48.1 Å². The van der Waals surface area contributed by atoms with E-state index in [1.165, 1.54) is 67.8 Å². The SMILES string of the molecule is CCCC(=O)N(C)C(C(=O)O)C(=O)N(C)[C@@H](CC(C)(C)O)C(=O)N[C@H](C(=O)N(C)[C@H](CC(C)C)C(=O)N[C@@H](C)C(=O)N[C@@H](C)C(=O)N(C)[C@@H](CC(C)C)C(=O)NC)C(C)C. The number of rotatable bonds is 24. The van der Waals surface area contributed by atoms with Crippen LogP contribution in [0.15, 0.2) is 0 Å². The summed E-state index contributed by atoms with van der Waals surface area (Å²) in [5.74, 6) is -7.74. The van der Waals surface area contributed by atoms with Crippen LogP contribution in [0.3, 0.4) is 0 Å². The minimum Gasteiger partial charge on any atom is -0.479 e. The molecule has 60 heavy (non-hydrogen) atoms. The predicted molar refractivity (Wildman–Crippen MR) is 225 cm³/mol. The molecule has 0 radical (unpaired) electrons. The summed E-state index contributed by atoms with van der Waals surface area (Å²) >= 11 is 0. The van der Waals surface area contributed by atoms with Crippen LogP contribution in [-0.2, 0) is 43.2 Å². The Balaban J connectivity index is 6.40. The second-order valence-corrected chi connectivity index (χ2v) is 17.5. The molecule has 7 atom stereocenters. The van der Waals surface area contributed by atoms with Gasteiger partial charge in [-0.1, -0.05) is 48.5 Å². The maximum Gasteiger partial charge on any atom is 0.336 e. The van der Waals surface area contributed by atoms with Crippen LogP contribution in [0, 0.1) is 17.8 Å². The van der Waals surface area contributed by atoms with E-state index in [-0.39, 0.29) is 37.0 Å². The monoisotopic (exact) mass is 855 g/mol. The number of hydrogen-bond acceptors (Lipinski definition) is 10. The molecule has 0 saturated heterocycles. The maximum absolute atomic E-state index is 14.2. The minimum atomic E-state index is -1.97. The standard InChI is InChI=1S/C41H74N8O11/c1-17-18-30(50)49(16)32(40(58)59)39(57)48(15)29(21-41(10,11)60)36(54)45-31(24(6)7)38(56)47(14)28(20-23(4)5)35(53)43-25(8)33(51)44-26(9)37(55)46(13)27(19-22(2)3)34(52)42-12/h22-29,31-32,60H,17-21H2,1-16H3,(H,42,52)(H,43,53)(H,44,51)(H,45,54)(H,58,59)/t25-,26-,27-,28+,29-,31-,32?/m0/s1. The number of carboxylic acids is 1. The highest BCUT2D eigenvalue weighted by molar-refractivity contribution is 6.05. The summed E-state index contributed by atoms with van der Waals surface area (Å²) in [5, 5.41) is 31.1. The van der Waals surface area contributed by atoms with E-state index in [1.807, 2.05) is 27.7 Å². The number of carbonyl (C=O) groups is 9. The first-order valence-electron chi connectivity index (χ1n) is 20.6. The number of carbonyl (C=O) groups excluding carboxylic acids is 8. The molecule has 0 rings (SSSR count). The zero-order valence-electron chi connectivity index (χ0n) is 38.7. The Morgan fingerprint density at radius 2 is 1.02 bits per heavy atom. The number of aliphatic hydroxyl groups is 1. The van der Waals surface area contributed by atoms with Gasteiger partial charge in [0.25, 0.3) is 5.91 Å². The summed E-state index contributed by atoms with van der Waals surface area (Å²) in [6.07, 6.45) is 0.553. The zero-order valence-corrected chi connectivity index (χ0v) is 38.7. The van der Waals surface area contributed by atoms with E-state index < -0.39 is 101 Å². The highest BCUT2D eigenvalue weighted by atomic mass is 16.4. The van der Waals surface area contributed by atoms with Gasteiger partial charge < -0.3 is 51.1 Å². The quantitative estimate of drug-likeness (QED) is 0.0722. The average molecular weight is 855 g/mol. The van der Waals surface area contributed by atoms with Gasteiger partial charge in [-0.15, -0.1) is 0 Å². The van der Waals surface area contributed by atoms with Gasteiger partial charge in [0.1, 0.15) is 36.3 Å². The van der Waals surface area contributed by atoms with Crippen LogP contribution < -0.4 is 21.3 Å². The molecule has 19 heteroatoms. The van der Waals surface area contributed by atoms with Crippen molar-refractivity contribution in [2.45, 2.75) is 156 Å². The predicted octanol–water partition coefficient (Wildman–Crippen LogP) is 0.329. The van der Waals surface area contributed by atoms with Crippen molar-refractivity contribution in [1.82, 2.24) is 40.9 Å². The number of likely N-dealkylation sites (N-methyl/N-ethyl adjacent to an activating group) is 5. The Morgan fingerprint density at radius 3 is 1.43 bits per heavy atom. The van der Waals surface area contributed by atoms with Gasteiger partial charge in [-0.05, 0) is 64.7 Å². The Hall–Kier alpha value is -4.81. The topological polar surface area (TPSA) is 255 Å². The smallest absolute Gasteiger partial charge is 0.336 e. The molecule has 0 aromatic rings. The third-order valence-electron chi connectivity index (χ3n) is 10.1. The van der Waals surface area contributed by atoms with Crippen molar-refractivity contribution in [2.75, 3.05) is 35.2 Å². The van der Waals surface area contributed by atoms with Crippen LogP contribution in [0.4, 0.5) is 0 Å². The largest absolute Gasteiger partial charge is 0.479 e. The molecule has 6 N–H and O–H groups in total. The number of hydrogen-bond donors (Lipinski definition) is 6. The van der Waals surface area contributed by atoms with E-state index in [0.29, 0.717) is 12.8 Å². The molecule has 0 aliphatic heterocycles. The first-order chi connectivity index (χ1) is 27.4. The molecule has 1 unspecified atom stereocenters. The van der Waals surface area contributed by atoms with Crippen molar-refractivity contribution < 1.29 is 53.4 Å². The van der Waals surface area contributed by atoms with Crippen LogP contribution in [0.5, 0.6) is 0 Å². The second-order valence-electron chi connectivity index (χ2n) is 17.5. The summed E-state index contributed by atoms with van der Waals surface area (Å²) in [4.78, 5) is 124. The molecule has 0 bridgehead atoms. The highest BCUT2D eigenvalue weighted by Gasteiger charge is 2.43. The Bertz CT molecular complexity index is 1530. The highest BCUT2D eigenvalue weighted by Crippen LogP contribution is 2.20. The molecule has 0 aliphatic carbocycles. The third kappa shape index (κ3) is 16.7. The zero-order chi connectivity index (χ0) is 47.1. The lowest BCUT2D eigenvalue weighted by Crippen LogP contribution is -2.62. The van der Waals surface area contributed by atoms with Gasteiger partial charge in [-0.3, -0.25) is 38.4 Å². The third-order valence-corrected chi connectivity index (χ3v) is 10.1. The van der Waals surface area contributed by atoms with Gasteiger partial charge in [-0.25, -0.2) is 4.79 Å². The molecule has 0 saturated carbocycles. The van der Waals surface area contributed by atoms with Crippen molar-refractivity contribution in [3.8, 4) is 0 Å². The van der Waals surface area contributed by atoms with E-state index in [1.54, 1.807) is 20.8 Å². The van der Waals surface area contributed by atoms with E-state index >= 15 is 0 Å². The van der Waals surface area contributed by atoms with Gasteiger partial charge in [0.05, 0.1) is 5.60 Å². The van der Waals surface area contributed by atoms with Gasteiger partial charge in [-0.2, -0.15) is 0 Å². The van der Waals surface area contributed by atoms with Crippen LogP contribution >= 0.6 is 0 Å². The summed E-state index contributed by atoms with van der Waals surface area (Å²) < 4.78 is 0. The summed E-state index contributed by atoms with van der Waals surface area (Å²) in [6.45, 7) is 18.2. The van der Waals surface area contributed by atoms with Crippen LogP contribution in [0.25, 0.3) is 0 Å². The lowest BCUT2D eigenvalue weighted by atomic mass is 9.95. The molecule has 19 nitrogen and oxygen atoms in total. The summed E-state index contributed by atoms with van der Waals surface area (Å²) in [7, 11) is 6.68. The van der Waals surface area contributed by atoms with E-state index in [0.717, 1.165) is 14.7 Å². The molecule has 0 aromatic heterocycles. The fourth-order valence-electron chi connectivity index (χ4n) is 6.51. The number of nitrogens with zero attached hydrogens (tertiary/aromatic N) is 4. The lowest BCUT2D eigenvalue weighted by Gasteiger charge is -2.37. The first kappa shape index (κ1) is 55.2. The Labute approximate surface area is 356 Å². The fraction of sp³-hybridized carbons (Fsp3) is 0.780. The Kier molecular flexibility index (Phi) is 22.5. The molecule has 8 amide bonds.